The second-order valence-corrected chi connectivity index (χ2v) is 4.66. The van der Waals surface area contributed by atoms with Crippen molar-refractivity contribution in [2.45, 2.75) is 31.7 Å². The number of amides is 1. The van der Waals surface area contributed by atoms with Crippen LogP contribution in [-0.4, -0.2) is 23.0 Å². The molecule has 0 saturated heterocycles. The highest BCUT2D eigenvalue weighted by Crippen LogP contribution is 2.12. The molecule has 0 aliphatic rings. The molecule has 1 atom stereocenters. The molecule has 5 nitrogen and oxygen atoms in total. The molecule has 21 heavy (non-hydrogen) atoms. The third-order valence-corrected chi connectivity index (χ3v) is 2.97. The van der Waals surface area contributed by atoms with Gasteiger partial charge in [-0.25, -0.2) is 0 Å². The molecule has 1 amide bonds. The van der Waals surface area contributed by atoms with Crippen molar-refractivity contribution < 1.29 is 14.7 Å². The van der Waals surface area contributed by atoms with Gasteiger partial charge in [0.1, 0.15) is 0 Å². The van der Waals surface area contributed by atoms with Gasteiger partial charge in [0, 0.05) is 12.5 Å². The zero-order chi connectivity index (χ0) is 15.7. The first-order valence-electron chi connectivity index (χ1n) is 6.67. The number of allylic oxidation sites excluding steroid dienone is 1. The van der Waals surface area contributed by atoms with Crippen LogP contribution in [0, 0.1) is 11.3 Å². The van der Waals surface area contributed by atoms with Crippen LogP contribution in [0.2, 0.25) is 0 Å². The summed E-state index contributed by atoms with van der Waals surface area (Å²) >= 11 is 0. The smallest absolute Gasteiger partial charge is 0.305 e. The van der Waals surface area contributed by atoms with E-state index in [9.17, 15) is 9.59 Å². The molecule has 0 saturated carbocycles. The van der Waals surface area contributed by atoms with Crippen LogP contribution in [0.3, 0.4) is 0 Å². The Labute approximate surface area is 123 Å². The summed E-state index contributed by atoms with van der Waals surface area (Å²) in [5, 5.41) is 20.7. The molecule has 0 aliphatic carbocycles. The number of nitrogens with one attached hydrogen (secondary N) is 1. The van der Waals surface area contributed by atoms with Crippen LogP contribution in [0.1, 0.15) is 30.4 Å². The van der Waals surface area contributed by atoms with Crippen LogP contribution in [0.15, 0.2) is 36.9 Å². The van der Waals surface area contributed by atoms with E-state index >= 15 is 0 Å². The van der Waals surface area contributed by atoms with Gasteiger partial charge in [0.15, 0.2) is 0 Å². The molecule has 0 unspecified atom stereocenters. The lowest BCUT2D eigenvalue weighted by Gasteiger charge is -2.17. The third-order valence-electron chi connectivity index (χ3n) is 2.97. The van der Waals surface area contributed by atoms with E-state index in [1.165, 1.54) is 0 Å². The van der Waals surface area contributed by atoms with Gasteiger partial charge in [-0.15, -0.1) is 6.58 Å². The summed E-state index contributed by atoms with van der Waals surface area (Å²) in [6, 6.07) is 8.51. The van der Waals surface area contributed by atoms with E-state index < -0.39 is 12.0 Å². The van der Waals surface area contributed by atoms with Gasteiger partial charge in [-0.3, -0.25) is 9.59 Å². The van der Waals surface area contributed by atoms with E-state index in [0.717, 1.165) is 5.56 Å². The Morgan fingerprint density at radius 2 is 2.14 bits per heavy atom. The summed E-state index contributed by atoms with van der Waals surface area (Å²) in [7, 11) is 0. The number of carbonyl (C=O) groups is 2. The number of carboxylic acids is 1. The van der Waals surface area contributed by atoms with E-state index in [0.29, 0.717) is 18.4 Å². The SMILES string of the molecule is C=CCCC(=O)N[C@H](CC(=O)O)Cc1ccccc1C#N. The Hall–Kier alpha value is -2.61. The summed E-state index contributed by atoms with van der Waals surface area (Å²) in [5.41, 5.74) is 1.23. The monoisotopic (exact) mass is 286 g/mol. The number of carboxylic acid groups (broad SMARTS) is 1. The molecule has 0 bridgehead atoms. The minimum absolute atomic E-state index is 0.181. The van der Waals surface area contributed by atoms with Gasteiger partial charge in [-0.05, 0) is 24.5 Å². The molecule has 110 valence electrons. The Balaban J connectivity index is 2.78. The molecule has 2 N–H and O–H groups in total. The van der Waals surface area contributed by atoms with Crippen molar-refractivity contribution in [1.29, 1.82) is 5.26 Å². The van der Waals surface area contributed by atoms with E-state index in [1.807, 2.05) is 0 Å². The average Bonchev–Trinajstić information content (AvgIpc) is 2.45. The number of benzene rings is 1. The lowest BCUT2D eigenvalue weighted by molar-refractivity contribution is -0.137. The maximum atomic E-state index is 11.7. The van der Waals surface area contributed by atoms with Crippen molar-refractivity contribution in [2.24, 2.45) is 0 Å². The average molecular weight is 286 g/mol. The van der Waals surface area contributed by atoms with Crippen LogP contribution in [0.4, 0.5) is 0 Å². The number of nitrogens with zero attached hydrogens (tertiary/aromatic N) is 1. The molecule has 1 aromatic carbocycles. The Bertz CT molecular complexity index is 561. The number of carbonyl (C=O) groups excluding carboxylic acids is 1. The molecular formula is C16H18N2O3. The fourth-order valence-corrected chi connectivity index (χ4v) is 1.99. The largest absolute Gasteiger partial charge is 0.481 e. The van der Waals surface area contributed by atoms with E-state index in [2.05, 4.69) is 18.0 Å². The summed E-state index contributed by atoms with van der Waals surface area (Å²) < 4.78 is 0. The highest BCUT2D eigenvalue weighted by atomic mass is 16.4. The molecule has 0 aliphatic heterocycles. The summed E-state index contributed by atoms with van der Waals surface area (Å²) in [4.78, 5) is 22.6. The minimum atomic E-state index is -0.988. The van der Waals surface area contributed by atoms with Gasteiger partial charge >= 0.3 is 5.97 Å². The fraction of sp³-hybridized carbons (Fsp3) is 0.312. The zero-order valence-electron chi connectivity index (χ0n) is 11.7. The van der Waals surface area contributed by atoms with Crippen molar-refractivity contribution in [3.63, 3.8) is 0 Å². The number of nitriles is 1. The number of hydrogen-bond acceptors (Lipinski definition) is 3. The van der Waals surface area contributed by atoms with Gasteiger partial charge in [0.25, 0.3) is 0 Å². The molecule has 0 radical (unpaired) electrons. The lowest BCUT2D eigenvalue weighted by atomic mass is 9.99. The molecule has 1 rings (SSSR count). The lowest BCUT2D eigenvalue weighted by Crippen LogP contribution is -2.38. The zero-order valence-corrected chi connectivity index (χ0v) is 11.7. The molecule has 0 spiro atoms. The van der Waals surface area contributed by atoms with Gasteiger partial charge in [0.2, 0.25) is 5.91 Å². The molecule has 1 aromatic rings. The van der Waals surface area contributed by atoms with Crippen LogP contribution < -0.4 is 5.32 Å². The number of aliphatic carboxylic acids is 1. The van der Waals surface area contributed by atoms with Gasteiger partial charge in [-0.1, -0.05) is 24.3 Å². The topological polar surface area (TPSA) is 90.2 Å². The van der Waals surface area contributed by atoms with Crippen LogP contribution in [0.25, 0.3) is 0 Å². The van der Waals surface area contributed by atoms with E-state index in [4.69, 9.17) is 10.4 Å². The van der Waals surface area contributed by atoms with E-state index in [1.54, 1.807) is 30.3 Å². The highest BCUT2D eigenvalue weighted by molar-refractivity contribution is 5.77. The molecule has 0 fully saturated rings. The van der Waals surface area contributed by atoms with Crippen LogP contribution >= 0.6 is 0 Å². The third kappa shape index (κ3) is 5.91. The van der Waals surface area contributed by atoms with Crippen molar-refractivity contribution in [3.8, 4) is 6.07 Å². The van der Waals surface area contributed by atoms with Crippen molar-refractivity contribution in [2.75, 3.05) is 0 Å². The predicted octanol–water partition coefficient (Wildman–Crippen LogP) is 2.03. The van der Waals surface area contributed by atoms with Gasteiger partial charge < -0.3 is 10.4 Å². The van der Waals surface area contributed by atoms with E-state index in [-0.39, 0.29) is 18.7 Å². The Kier molecular flexibility index (Phi) is 6.69. The maximum Gasteiger partial charge on any atom is 0.305 e. The van der Waals surface area contributed by atoms with Crippen molar-refractivity contribution in [1.82, 2.24) is 5.32 Å². The predicted molar refractivity (Wildman–Crippen MR) is 78.5 cm³/mol. The molecule has 0 heterocycles. The Morgan fingerprint density at radius 3 is 2.76 bits per heavy atom. The molecular weight excluding hydrogens is 268 g/mol. The summed E-state index contributed by atoms with van der Waals surface area (Å²) in [5.74, 6) is -1.20. The summed E-state index contributed by atoms with van der Waals surface area (Å²) in [6.45, 7) is 3.54. The number of rotatable bonds is 8. The maximum absolute atomic E-state index is 11.7. The second kappa shape index (κ2) is 8.54. The molecule has 5 heteroatoms. The first-order valence-corrected chi connectivity index (χ1v) is 6.67. The Morgan fingerprint density at radius 1 is 1.43 bits per heavy atom. The standard InChI is InChI=1S/C16H18N2O3/c1-2-3-8-15(19)18-14(10-16(20)21)9-12-6-4-5-7-13(12)11-17/h2,4-7,14H,1,3,8-10H2,(H,18,19)(H,20,21)/t14-/m0/s1. The normalized spacial score (nSPS) is 11.2. The van der Waals surface area contributed by atoms with Gasteiger partial charge in [-0.2, -0.15) is 5.26 Å². The number of hydrogen-bond donors (Lipinski definition) is 2. The minimum Gasteiger partial charge on any atom is -0.481 e. The van der Waals surface area contributed by atoms with Crippen molar-refractivity contribution in [3.05, 3.63) is 48.0 Å². The van der Waals surface area contributed by atoms with Gasteiger partial charge in [0.05, 0.1) is 18.1 Å². The van der Waals surface area contributed by atoms with Crippen LogP contribution in [-0.2, 0) is 16.0 Å². The first-order chi connectivity index (χ1) is 10.1. The van der Waals surface area contributed by atoms with Crippen molar-refractivity contribution >= 4 is 11.9 Å². The second-order valence-electron chi connectivity index (χ2n) is 4.66. The highest BCUT2D eigenvalue weighted by Gasteiger charge is 2.17. The quantitative estimate of drug-likeness (QED) is 0.715. The fourth-order valence-electron chi connectivity index (χ4n) is 1.99. The molecule has 0 aromatic heterocycles. The first kappa shape index (κ1) is 16.4. The van der Waals surface area contributed by atoms with Crippen LogP contribution in [0.5, 0.6) is 0 Å². The summed E-state index contributed by atoms with van der Waals surface area (Å²) in [6.07, 6.45) is 2.59.